The molecule has 1 atom stereocenters. The molecule has 1 aliphatic rings. The number of aliphatic hydroxyl groups is 1. The highest BCUT2D eigenvalue weighted by atomic mass is 32.2. The van der Waals surface area contributed by atoms with Crippen molar-refractivity contribution in [2.45, 2.75) is 36.9 Å². The van der Waals surface area contributed by atoms with Crippen LogP contribution in [0.4, 0.5) is 9.52 Å². The Labute approximate surface area is 278 Å². The maximum Gasteiger partial charge on any atom is 0.301 e. The highest BCUT2D eigenvalue weighted by Crippen LogP contribution is 2.46. The number of Topliss-reactive ketones (excluding diaryl/α,β-unsaturated/α-hetero) is 1. The molecule has 1 aliphatic heterocycles. The smallest absolute Gasteiger partial charge is 0.301 e. The van der Waals surface area contributed by atoms with E-state index < -0.39 is 23.5 Å². The first-order valence-corrected chi connectivity index (χ1v) is 16.5. The summed E-state index contributed by atoms with van der Waals surface area (Å²) >= 11 is 2.50. The maximum atomic E-state index is 13.9. The number of benzene rings is 2. The number of fused-ring (bicyclic) bond motifs is 1. The van der Waals surface area contributed by atoms with Crippen molar-refractivity contribution in [1.82, 2.24) is 19.6 Å². The summed E-state index contributed by atoms with van der Waals surface area (Å²) in [5.74, 6) is -1.15. The largest absolute Gasteiger partial charge is 0.505 e. The molecule has 240 valence electrons. The Morgan fingerprint density at radius 1 is 1.11 bits per heavy atom. The molecule has 2 aromatic carbocycles. The molecule has 0 spiro atoms. The number of halogens is 1. The summed E-state index contributed by atoms with van der Waals surface area (Å²) in [7, 11) is 0. The molecule has 6 rings (SSSR count). The number of ether oxygens (including phenoxy) is 2. The van der Waals surface area contributed by atoms with Gasteiger partial charge in [-0.05, 0) is 67.8 Å². The van der Waals surface area contributed by atoms with Crippen molar-refractivity contribution in [1.29, 1.82) is 0 Å². The van der Waals surface area contributed by atoms with Crippen LogP contribution in [0, 0.1) is 19.7 Å². The van der Waals surface area contributed by atoms with Crippen LogP contribution in [0.15, 0.2) is 83.4 Å². The summed E-state index contributed by atoms with van der Waals surface area (Å²) in [5, 5.41) is 20.5. The van der Waals surface area contributed by atoms with Crippen LogP contribution >= 0.6 is 23.1 Å². The molecule has 13 heteroatoms. The molecule has 0 saturated carbocycles. The first kappa shape index (κ1) is 32.0. The zero-order valence-electron chi connectivity index (χ0n) is 25.8. The van der Waals surface area contributed by atoms with E-state index in [4.69, 9.17) is 9.47 Å². The second-order valence-corrected chi connectivity index (χ2v) is 12.8. The molecule has 1 amide bonds. The molecule has 1 unspecified atom stereocenters. The number of aromatic nitrogens is 4. The van der Waals surface area contributed by atoms with Crippen molar-refractivity contribution in [3.05, 3.63) is 113 Å². The summed E-state index contributed by atoms with van der Waals surface area (Å²) < 4.78 is 27.4. The number of aryl methyl sites for hydroxylation is 2. The van der Waals surface area contributed by atoms with Gasteiger partial charge in [-0.15, -0.1) is 10.2 Å². The average molecular weight is 672 g/mol. The van der Waals surface area contributed by atoms with Crippen LogP contribution in [0.2, 0.25) is 0 Å². The zero-order valence-corrected chi connectivity index (χ0v) is 27.4. The summed E-state index contributed by atoms with van der Waals surface area (Å²) in [4.78, 5) is 33.6. The van der Waals surface area contributed by atoms with Crippen molar-refractivity contribution >= 4 is 51.3 Å². The van der Waals surface area contributed by atoms with Gasteiger partial charge >= 0.3 is 5.91 Å². The van der Waals surface area contributed by atoms with Gasteiger partial charge in [0.05, 0.1) is 23.9 Å². The average Bonchev–Trinajstić information content (AvgIpc) is 3.75. The van der Waals surface area contributed by atoms with Gasteiger partial charge in [0.2, 0.25) is 5.13 Å². The zero-order chi connectivity index (χ0) is 33.2. The quantitative estimate of drug-likeness (QED) is 0.0403. The second kappa shape index (κ2) is 13.4. The number of nitrogens with zero attached hydrogens (tertiary/aromatic N) is 5. The molecule has 4 heterocycles. The van der Waals surface area contributed by atoms with E-state index in [0.29, 0.717) is 45.1 Å². The number of carbonyl (C=O) groups is 2. The van der Waals surface area contributed by atoms with E-state index >= 15 is 0 Å². The molecular formula is C34H30FN5O5S2. The number of ketones is 1. The SMILES string of the molecule is C=CCOc1ccc(C2C(=C(O)c3nc4c(C)cccn4c3C)C(=O)C(=O)N2c2nnc(SCc3ccc(F)cc3)s2)cc1OCC. The summed E-state index contributed by atoms with van der Waals surface area (Å²) in [6.07, 6.45) is 3.43. The van der Waals surface area contributed by atoms with Crippen LogP contribution in [0.3, 0.4) is 0 Å². The molecule has 5 aromatic rings. The summed E-state index contributed by atoms with van der Waals surface area (Å²) in [6, 6.07) is 13.9. The number of aliphatic hydroxyl groups excluding tert-OH is 1. The number of rotatable bonds is 11. The fourth-order valence-corrected chi connectivity index (χ4v) is 7.16. The third-order valence-electron chi connectivity index (χ3n) is 7.57. The summed E-state index contributed by atoms with van der Waals surface area (Å²) in [5.41, 5.74) is 3.50. The van der Waals surface area contributed by atoms with Crippen LogP contribution in [0.1, 0.15) is 41.0 Å². The minimum Gasteiger partial charge on any atom is -0.505 e. The third kappa shape index (κ3) is 6.11. The Morgan fingerprint density at radius 2 is 1.89 bits per heavy atom. The standard InChI is InChI=1S/C34H30FN5O5S2/c1-5-16-45-24-14-11-22(17-25(24)44-6-2)28-26(29(41)27-20(4)39-15-7-8-19(3)31(39)36-27)30(42)32(43)40(28)33-37-38-34(47-33)46-18-21-9-12-23(35)13-10-21/h5,7-15,17,28,41H,1,6,16,18H2,2-4H3. The van der Waals surface area contributed by atoms with Gasteiger partial charge in [0, 0.05) is 11.9 Å². The molecule has 1 saturated heterocycles. The van der Waals surface area contributed by atoms with Crippen molar-refractivity contribution in [2.75, 3.05) is 18.1 Å². The van der Waals surface area contributed by atoms with Crippen LogP contribution in [0.25, 0.3) is 11.4 Å². The molecular weight excluding hydrogens is 642 g/mol. The number of hydrogen-bond donors (Lipinski definition) is 1. The van der Waals surface area contributed by atoms with E-state index in [2.05, 4.69) is 21.8 Å². The number of anilines is 1. The highest BCUT2D eigenvalue weighted by molar-refractivity contribution is 8.00. The fraction of sp³-hybridized carbons (Fsp3) is 0.206. The van der Waals surface area contributed by atoms with E-state index in [-0.39, 0.29) is 28.8 Å². The molecule has 0 bridgehead atoms. The van der Waals surface area contributed by atoms with Gasteiger partial charge < -0.3 is 19.0 Å². The molecule has 0 radical (unpaired) electrons. The minimum absolute atomic E-state index is 0.142. The second-order valence-electron chi connectivity index (χ2n) is 10.6. The lowest BCUT2D eigenvalue weighted by molar-refractivity contribution is -0.132. The lowest BCUT2D eigenvalue weighted by Crippen LogP contribution is -2.29. The molecule has 1 N–H and O–H groups in total. The van der Waals surface area contributed by atoms with Gasteiger partial charge in [0.15, 0.2) is 21.6 Å². The lowest BCUT2D eigenvalue weighted by Gasteiger charge is -2.23. The Hall–Kier alpha value is -5.01. The predicted molar refractivity (Wildman–Crippen MR) is 179 cm³/mol. The van der Waals surface area contributed by atoms with E-state index in [1.54, 1.807) is 43.3 Å². The van der Waals surface area contributed by atoms with Crippen LogP contribution in [0.5, 0.6) is 11.5 Å². The Morgan fingerprint density at radius 3 is 2.62 bits per heavy atom. The van der Waals surface area contributed by atoms with Gasteiger partial charge in [-0.1, -0.05) is 60.0 Å². The van der Waals surface area contributed by atoms with Gasteiger partial charge in [-0.2, -0.15) is 0 Å². The van der Waals surface area contributed by atoms with Crippen LogP contribution in [-0.2, 0) is 15.3 Å². The summed E-state index contributed by atoms with van der Waals surface area (Å²) in [6.45, 7) is 9.79. The normalized spacial score (nSPS) is 15.8. The van der Waals surface area contributed by atoms with Crippen molar-refractivity contribution < 1.29 is 28.6 Å². The molecule has 0 aliphatic carbocycles. The minimum atomic E-state index is -1.09. The number of carbonyl (C=O) groups excluding carboxylic acids is 2. The lowest BCUT2D eigenvalue weighted by atomic mass is 9.96. The molecule has 1 fully saturated rings. The Bertz CT molecular complexity index is 2040. The number of pyridine rings is 1. The predicted octanol–water partition coefficient (Wildman–Crippen LogP) is 6.82. The van der Waals surface area contributed by atoms with Gasteiger partial charge in [0.25, 0.3) is 5.78 Å². The topological polar surface area (TPSA) is 119 Å². The van der Waals surface area contributed by atoms with E-state index in [1.807, 2.05) is 36.6 Å². The van der Waals surface area contributed by atoms with Crippen LogP contribution < -0.4 is 14.4 Å². The first-order valence-electron chi connectivity index (χ1n) is 14.7. The van der Waals surface area contributed by atoms with Crippen molar-refractivity contribution in [3.63, 3.8) is 0 Å². The first-order chi connectivity index (χ1) is 22.7. The van der Waals surface area contributed by atoms with Crippen molar-refractivity contribution in [3.8, 4) is 11.5 Å². The van der Waals surface area contributed by atoms with Gasteiger partial charge in [-0.25, -0.2) is 9.37 Å². The molecule has 47 heavy (non-hydrogen) atoms. The monoisotopic (exact) mass is 671 g/mol. The van der Waals surface area contributed by atoms with E-state index in [1.165, 1.54) is 28.8 Å². The maximum absolute atomic E-state index is 13.9. The Kier molecular flexibility index (Phi) is 9.10. The van der Waals surface area contributed by atoms with E-state index in [0.717, 1.165) is 22.5 Å². The molecule has 10 nitrogen and oxygen atoms in total. The van der Waals surface area contributed by atoms with Gasteiger partial charge in [-0.3, -0.25) is 14.5 Å². The van der Waals surface area contributed by atoms with Crippen molar-refractivity contribution in [2.24, 2.45) is 0 Å². The number of amides is 1. The highest BCUT2D eigenvalue weighted by Gasteiger charge is 2.49. The van der Waals surface area contributed by atoms with Crippen LogP contribution in [-0.4, -0.2) is 49.6 Å². The molecule has 3 aromatic heterocycles. The number of thioether (sulfide) groups is 1. The fourth-order valence-electron chi connectivity index (χ4n) is 5.33. The number of hydrogen-bond acceptors (Lipinski definition) is 10. The van der Waals surface area contributed by atoms with Gasteiger partial charge in [0.1, 0.15) is 23.8 Å². The number of imidazole rings is 1. The van der Waals surface area contributed by atoms with E-state index in [9.17, 15) is 19.1 Å². The third-order valence-corrected chi connectivity index (χ3v) is 9.70. The Balaban J connectivity index is 1.47.